The molecular weight excluding hydrogens is 511 g/mol. The highest BCUT2D eigenvalue weighted by atomic mass is 19.1. The number of carboxylic acids is 1. The van der Waals surface area contributed by atoms with Crippen LogP contribution < -0.4 is 0 Å². The Morgan fingerprint density at radius 1 is 1.00 bits per heavy atom. The molecule has 2 saturated carbocycles. The van der Waals surface area contributed by atoms with Crippen LogP contribution in [-0.2, 0) is 11.2 Å². The average Bonchev–Trinajstić information content (AvgIpc) is 3.29. The van der Waals surface area contributed by atoms with Crippen LogP contribution >= 0.6 is 0 Å². The zero-order valence-electron chi connectivity index (χ0n) is 23.8. The number of nitrogens with zero attached hydrogens (tertiary/aromatic N) is 1. The molecule has 1 unspecified atom stereocenters. The van der Waals surface area contributed by atoms with Gasteiger partial charge in [0.2, 0.25) is 0 Å². The SMILES string of the molecule is Cc1cc(F)cc(F)c1CCCC1CCN(C[C@H]2CC([C@H](CC3CCC3)C(=O)O)C[C@@H]2c2cccc(F)c2)CC1. The fourth-order valence-electron chi connectivity index (χ4n) is 7.83. The molecule has 0 radical (unpaired) electrons. The maximum absolute atomic E-state index is 14.2. The van der Waals surface area contributed by atoms with E-state index in [-0.39, 0.29) is 23.6 Å². The predicted octanol–water partition coefficient (Wildman–Crippen LogP) is 8.15. The highest BCUT2D eigenvalue weighted by Crippen LogP contribution is 2.49. The summed E-state index contributed by atoms with van der Waals surface area (Å²) in [5.74, 6) is -0.316. The molecule has 40 heavy (non-hydrogen) atoms. The number of aryl methyl sites for hydroxylation is 1. The Morgan fingerprint density at radius 3 is 2.42 bits per heavy atom. The number of aliphatic carboxylic acids is 1. The van der Waals surface area contributed by atoms with Crippen molar-refractivity contribution >= 4 is 5.97 Å². The fourth-order valence-corrected chi connectivity index (χ4v) is 7.83. The second kappa shape index (κ2) is 13.1. The molecule has 1 aliphatic heterocycles. The van der Waals surface area contributed by atoms with E-state index in [4.69, 9.17) is 0 Å². The molecule has 1 N–H and O–H groups in total. The van der Waals surface area contributed by atoms with Gasteiger partial charge in [0.25, 0.3) is 0 Å². The molecule has 218 valence electrons. The smallest absolute Gasteiger partial charge is 0.306 e. The lowest BCUT2D eigenvalue weighted by Gasteiger charge is -2.35. The number of carboxylic acid groups (broad SMARTS) is 1. The van der Waals surface area contributed by atoms with Crippen molar-refractivity contribution in [2.75, 3.05) is 19.6 Å². The number of likely N-dealkylation sites (tertiary alicyclic amines) is 1. The molecule has 0 aromatic heterocycles. The molecule has 3 fully saturated rings. The predicted molar refractivity (Wildman–Crippen MR) is 152 cm³/mol. The fraction of sp³-hybridized carbons (Fsp3) is 0.618. The molecule has 0 spiro atoms. The first-order valence-electron chi connectivity index (χ1n) is 15.4. The van der Waals surface area contributed by atoms with Crippen molar-refractivity contribution in [2.45, 2.75) is 83.5 Å². The zero-order chi connectivity index (χ0) is 28.2. The summed E-state index contributed by atoms with van der Waals surface area (Å²) >= 11 is 0. The molecule has 2 aromatic carbocycles. The zero-order valence-corrected chi connectivity index (χ0v) is 23.8. The minimum absolute atomic E-state index is 0.143. The number of benzene rings is 2. The lowest BCUT2D eigenvalue weighted by Crippen LogP contribution is -2.37. The average molecular weight is 556 g/mol. The Bertz CT molecular complexity index is 1130. The second-order valence-electron chi connectivity index (χ2n) is 12.9. The minimum atomic E-state index is -0.660. The van der Waals surface area contributed by atoms with Crippen LogP contribution in [0.4, 0.5) is 13.2 Å². The molecule has 0 bridgehead atoms. The van der Waals surface area contributed by atoms with Gasteiger partial charge < -0.3 is 10.0 Å². The number of rotatable bonds is 11. The third-order valence-electron chi connectivity index (χ3n) is 10.3. The number of halogens is 3. The monoisotopic (exact) mass is 555 g/mol. The standard InChI is InChI=1S/C34H44F3NO2/c1-22-15-29(36)20-33(37)30(22)10-3-5-23-11-13-38(14-12-23)21-27-17-26(32(34(39)40)16-24-6-2-7-24)19-31(27)25-8-4-9-28(35)18-25/h4,8-9,15,18,20,23-24,26-27,31-32H,2-3,5-7,10-14,16-17,19,21H2,1H3,(H,39,40)/t26?,27-,31-,32+/m1/s1. The normalized spacial score (nSPS) is 25.1. The summed E-state index contributed by atoms with van der Waals surface area (Å²) in [5, 5.41) is 10.1. The number of hydrogen-bond donors (Lipinski definition) is 1. The third-order valence-corrected chi connectivity index (χ3v) is 10.3. The Morgan fingerprint density at radius 2 is 1.77 bits per heavy atom. The summed E-state index contributed by atoms with van der Waals surface area (Å²) in [7, 11) is 0. The van der Waals surface area contributed by atoms with Crippen molar-refractivity contribution in [3.8, 4) is 0 Å². The molecule has 6 heteroatoms. The minimum Gasteiger partial charge on any atom is -0.481 e. The maximum Gasteiger partial charge on any atom is 0.306 e. The van der Waals surface area contributed by atoms with Gasteiger partial charge >= 0.3 is 5.97 Å². The summed E-state index contributed by atoms with van der Waals surface area (Å²) in [5.41, 5.74) is 2.33. The van der Waals surface area contributed by atoms with Gasteiger partial charge in [0.1, 0.15) is 17.5 Å². The van der Waals surface area contributed by atoms with Crippen LogP contribution in [0.2, 0.25) is 0 Å². The quantitative estimate of drug-likeness (QED) is 0.304. The Kier molecular flexibility index (Phi) is 9.55. The van der Waals surface area contributed by atoms with E-state index in [9.17, 15) is 23.1 Å². The molecular formula is C34H44F3NO2. The topological polar surface area (TPSA) is 40.5 Å². The van der Waals surface area contributed by atoms with E-state index in [1.807, 2.05) is 6.07 Å². The summed E-state index contributed by atoms with van der Waals surface area (Å²) in [6, 6.07) is 9.33. The van der Waals surface area contributed by atoms with E-state index in [2.05, 4.69) is 4.90 Å². The van der Waals surface area contributed by atoms with Gasteiger partial charge in [0.05, 0.1) is 5.92 Å². The number of hydrogen-bond acceptors (Lipinski definition) is 2. The molecule has 3 aliphatic rings. The van der Waals surface area contributed by atoms with Crippen LogP contribution in [0.5, 0.6) is 0 Å². The second-order valence-corrected chi connectivity index (χ2v) is 12.9. The van der Waals surface area contributed by atoms with Gasteiger partial charge in [0, 0.05) is 12.6 Å². The molecule has 0 amide bonds. The molecule has 1 heterocycles. The molecule has 3 nitrogen and oxygen atoms in total. The van der Waals surface area contributed by atoms with E-state index in [1.165, 1.54) is 18.6 Å². The lowest BCUT2D eigenvalue weighted by molar-refractivity contribution is -0.144. The van der Waals surface area contributed by atoms with Gasteiger partial charge in [-0.1, -0.05) is 37.8 Å². The van der Waals surface area contributed by atoms with Crippen LogP contribution in [0.3, 0.4) is 0 Å². The highest BCUT2D eigenvalue weighted by molar-refractivity contribution is 5.70. The molecule has 4 atom stereocenters. The summed E-state index contributed by atoms with van der Waals surface area (Å²) in [6.45, 7) is 4.73. The first-order chi connectivity index (χ1) is 19.3. The maximum atomic E-state index is 14.2. The van der Waals surface area contributed by atoms with Crippen molar-refractivity contribution in [1.29, 1.82) is 0 Å². The number of carbonyl (C=O) groups is 1. The molecule has 5 rings (SSSR count). The summed E-state index contributed by atoms with van der Waals surface area (Å²) < 4.78 is 41.8. The van der Waals surface area contributed by atoms with Crippen molar-refractivity contribution in [2.24, 2.45) is 29.6 Å². The van der Waals surface area contributed by atoms with Crippen molar-refractivity contribution < 1.29 is 23.1 Å². The van der Waals surface area contributed by atoms with E-state index in [0.29, 0.717) is 35.3 Å². The number of piperidine rings is 1. The van der Waals surface area contributed by atoms with Crippen LogP contribution in [0, 0.1) is 54.0 Å². The summed E-state index contributed by atoms with van der Waals surface area (Å²) in [4.78, 5) is 14.8. The van der Waals surface area contributed by atoms with Crippen molar-refractivity contribution in [3.05, 3.63) is 70.5 Å². The molecule has 1 saturated heterocycles. The summed E-state index contributed by atoms with van der Waals surface area (Å²) in [6.07, 6.45) is 10.8. The first-order valence-corrected chi connectivity index (χ1v) is 15.4. The van der Waals surface area contributed by atoms with E-state index >= 15 is 0 Å². The van der Waals surface area contributed by atoms with Crippen molar-refractivity contribution in [1.82, 2.24) is 4.90 Å². The molecule has 2 aliphatic carbocycles. The highest BCUT2D eigenvalue weighted by Gasteiger charge is 2.43. The van der Waals surface area contributed by atoms with Crippen LogP contribution in [0.15, 0.2) is 36.4 Å². The largest absolute Gasteiger partial charge is 0.481 e. The third kappa shape index (κ3) is 7.10. The first kappa shape index (κ1) is 29.2. The van der Waals surface area contributed by atoms with Gasteiger partial charge in [-0.25, -0.2) is 13.2 Å². The van der Waals surface area contributed by atoms with Crippen molar-refractivity contribution in [3.63, 3.8) is 0 Å². The van der Waals surface area contributed by atoms with E-state index in [1.54, 1.807) is 19.1 Å². The van der Waals surface area contributed by atoms with Gasteiger partial charge in [-0.3, -0.25) is 4.79 Å². The Balaban J connectivity index is 1.16. The van der Waals surface area contributed by atoms with E-state index < -0.39 is 17.6 Å². The Labute approximate surface area is 237 Å². The lowest BCUT2D eigenvalue weighted by atomic mass is 9.74. The van der Waals surface area contributed by atoms with Gasteiger partial charge in [-0.05, 0) is 129 Å². The van der Waals surface area contributed by atoms with Gasteiger partial charge in [-0.15, -0.1) is 0 Å². The van der Waals surface area contributed by atoms with Gasteiger partial charge in [0.15, 0.2) is 0 Å². The van der Waals surface area contributed by atoms with Crippen LogP contribution in [-0.4, -0.2) is 35.6 Å². The Hall–Kier alpha value is -2.34. The van der Waals surface area contributed by atoms with Crippen LogP contribution in [0.1, 0.15) is 86.8 Å². The van der Waals surface area contributed by atoms with Crippen LogP contribution in [0.25, 0.3) is 0 Å². The van der Waals surface area contributed by atoms with Gasteiger partial charge in [-0.2, -0.15) is 0 Å². The van der Waals surface area contributed by atoms with E-state index in [0.717, 1.165) is 89.1 Å². The molecule has 2 aromatic rings.